The van der Waals surface area contributed by atoms with Crippen LogP contribution in [0.4, 0.5) is 0 Å². The van der Waals surface area contributed by atoms with Crippen molar-refractivity contribution < 1.29 is 23.9 Å². The van der Waals surface area contributed by atoms with E-state index in [1.807, 2.05) is 0 Å². The largest absolute Gasteiger partial charge is 0.493 e. The molecule has 2 aromatic rings. The van der Waals surface area contributed by atoms with Gasteiger partial charge in [-0.05, 0) is 46.8 Å². The summed E-state index contributed by atoms with van der Waals surface area (Å²) in [5.74, 6) is 0.284. The smallest absolute Gasteiger partial charge is 0.374 e. The number of halogens is 1. The zero-order chi connectivity index (χ0) is 15.7. The van der Waals surface area contributed by atoms with Crippen molar-refractivity contribution in [3.8, 4) is 22.8 Å². The molecule has 0 amide bonds. The molecule has 6 nitrogen and oxygen atoms in total. The van der Waals surface area contributed by atoms with Gasteiger partial charge in [-0.1, -0.05) is 5.16 Å². The Bertz CT molecular complexity index is 708. The van der Waals surface area contributed by atoms with Crippen LogP contribution in [0.3, 0.4) is 0 Å². The average molecular weight is 368 g/mol. The van der Waals surface area contributed by atoms with E-state index in [4.69, 9.17) is 19.1 Å². The fourth-order valence-electron chi connectivity index (χ4n) is 2.06. The number of carbonyl (C=O) groups is 1. The molecule has 1 aromatic heterocycles. The van der Waals surface area contributed by atoms with Gasteiger partial charge in [-0.25, -0.2) is 4.79 Å². The molecule has 3 rings (SSSR count). The summed E-state index contributed by atoms with van der Waals surface area (Å²) >= 11 is 3.45. The summed E-state index contributed by atoms with van der Waals surface area (Å²) in [6.45, 7) is 0.601. The molecule has 1 aliphatic carbocycles. The molecular formula is C15H14BrNO5. The van der Waals surface area contributed by atoms with E-state index in [0.717, 1.165) is 4.47 Å². The van der Waals surface area contributed by atoms with Gasteiger partial charge in [0.15, 0.2) is 11.5 Å². The highest BCUT2D eigenvalue weighted by molar-refractivity contribution is 9.10. The molecule has 1 saturated carbocycles. The molecule has 1 N–H and O–H groups in total. The summed E-state index contributed by atoms with van der Waals surface area (Å²) in [5, 5.41) is 12.8. The molecule has 0 bridgehead atoms. The Morgan fingerprint density at radius 1 is 1.50 bits per heavy atom. The van der Waals surface area contributed by atoms with Crippen molar-refractivity contribution in [2.75, 3.05) is 13.7 Å². The molecule has 1 aromatic carbocycles. The number of aromatic carboxylic acids is 1. The molecule has 0 unspecified atom stereocenters. The monoisotopic (exact) mass is 367 g/mol. The number of methoxy groups -OCH3 is 1. The lowest BCUT2D eigenvalue weighted by Crippen LogP contribution is -2.03. The number of hydrogen-bond acceptors (Lipinski definition) is 5. The summed E-state index contributed by atoms with van der Waals surface area (Å²) in [5.41, 5.74) is 1.00. The van der Waals surface area contributed by atoms with Crippen molar-refractivity contribution in [1.82, 2.24) is 5.16 Å². The van der Waals surface area contributed by atoms with Crippen molar-refractivity contribution in [2.45, 2.75) is 12.8 Å². The number of benzene rings is 1. The molecule has 1 heterocycles. The Kier molecular flexibility index (Phi) is 4.06. The molecule has 1 fully saturated rings. The minimum Gasteiger partial charge on any atom is -0.493 e. The third kappa shape index (κ3) is 2.94. The molecule has 7 heteroatoms. The van der Waals surface area contributed by atoms with E-state index in [1.54, 1.807) is 19.2 Å². The van der Waals surface area contributed by atoms with Gasteiger partial charge in [0, 0.05) is 10.5 Å². The van der Waals surface area contributed by atoms with Gasteiger partial charge in [-0.2, -0.15) is 0 Å². The van der Waals surface area contributed by atoms with Crippen molar-refractivity contribution in [3.05, 3.63) is 28.4 Å². The van der Waals surface area contributed by atoms with E-state index < -0.39 is 5.97 Å². The third-order valence-corrected chi connectivity index (χ3v) is 4.09. The van der Waals surface area contributed by atoms with Crippen LogP contribution in [0.2, 0.25) is 0 Å². The molecule has 0 radical (unpaired) electrons. The fourth-order valence-corrected chi connectivity index (χ4v) is 2.58. The number of carboxylic acids is 1. The molecule has 0 spiro atoms. The molecule has 116 valence electrons. The van der Waals surface area contributed by atoms with E-state index in [0.29, 0.717) is 35.3 Å². The number of aromatic nitrogens is 1. The lowest BCUT2D eigenvalue weighted by atomic mass is 10.1. The second kappa shape index (κ2) is 6.00. The number of ether oxygens (including phenoxy) is 2. The third-order valence-electron chi connectivity index (χ3n) is 3.43. The molecule has 0 atom stereocenters. The van der Waals surface area contributed by atoms with Gasteiger partial charge in [-0.15, -0.1) is 0 Å². The zero-order valence-electron chi connectivity index (χ0n) is 11.8. The minimum atomic E-state index is -1.17. The van der Waals surface area contributed by atoms with Crippen molar-refractivity contribution >= 4 is 21.9 Å². The summed E-state index contributed by atoms with van der Waals surface area (Å²) in [7, 11) is 1.56. The minimum absolute atomic E-state index is 0.224. The summed E-state index contributed by atoms with van der Waals surface area (Å²) in [6, 6.07) is 4.95. The van der Waals surface area contributed by atoms with Crippen molar-refractivity contribution in [2.24, 2.45) is 5.92 Å². The fraction of sp³-hybridized carbons (Fsp3) is 0.333. The highest BCUT2D eigenvalue weighted by atomic mass is 79.9. The van der Waals surface area contributed by atoms with Crippen LogP contribution in [0, 0.1) is 5.92 Å². The SMILES string of the molecule is COc1ccc(Br)c(-c2cc(C(=O)O)on2)c1OCC1CC1. The Labute approximate surface area is 135 Å². The van der Waals surface area contributed by atoms with Gasteiger partial charge in [0.1, 0.15) is 5.69 Å². The van der Waals surface area contributed by atoms with Gasteiger partial charge >= 0.3 is 5.97 Å². The van der Waals surface area contributed by atoms with Crippen LogP contribution in [-0.2, 0) is 0 Å². The van der Waals surface area contributed by atoms with Gasteiger partial charge in [0.25, 0.3) is 0 Å². The van der Waals surface area contributed by atoms with Gasteiger partial charge in [0.05, 0.1) is 19.3 Å². The molecular weight excluding hydrogens is 354 g/mol. The van der Waals surface area contributed by atoms with Crippen LogP contribution in [0.25, 0.3) is 11.3 Å². The van der Waals surface area contributed by atoms with Crippen LogP contribution >= 0.6 is 15.9 Å². The van der Waals surface area contributed by atoms with Crippen molar-refractivity contribution in [1.29, 1.82) is 0 Å². The average Bonchev–Trinajstić information content (AvgIpc) is 3.20. The van der Waals surface area contributed by atoms with Crippen LogP contribution in [-0.4, -0.2) is 29.9 Å². The van der Waals surface area contributed by atoms with Crippen LogP contribution < -0.4 is 9.47 Å². The normalized spacial score (nSPS) is 13.9. The molecule has 0 saturated heterocycles. The highest BCUT2D eigenvalue weighted by Crippen LogP contribution is 2.44. The summed E-state index contributed by atoms with van der Waals surface area (Å²) < 4.78 is 16.8. The van der Waals surface area contributed by atoms with Gasteiger partial charge in [0.2, 0.25) is 5.76 Å². The topological polar surface area (TPSA) is 81.8 Å². The van der Waals surface area contributed by atoms with Gasteiger partial charge < -0.3 is 19.1 Å². The predicted molar refractivity (Wildman–Crippen MR) is 81.4 cm³/mol. The Hall–Kier alpha value is -2.02. The van der Waals surface area contributed by atoms with E-state index in [9.17, 15) is 4.79 Å². The number of nitrogens with zero attached hydrogens (tertiary/aromatic N) is 1. The summed E-state index contributed by atoms with van der Waals surface area (Å²) in [6.07, 6.45) is 2.33. The first-order valence-corrected chi connectivity index (χ1v) is 7.59. The lowest BCUT2D eigenvalue weighted by molar-refractivity contribution is 0.0652. The predicted octanol–water partition coefficient (Wildman–Crippen LogP) is 3.60. The first-order valence-electron chi connectivity index (χ1n) is 6.79. The second-order valence-corrected chi connectivity index (χ2v) is 5.94. The Balaban J connectivity index is 2.03. The first-order chi connectivity index (χ1) is 10.6. The van der Waals surface area contributed by atoms with E-state index in [-0.39, 0.29) is 5.76 Å². The van der Waals surface area contributed by atoms with E-state index in [2.05, 4.69) is 21.1 Å². The number of hydrogen-bond donors (Lipinski definition) is 1. The second-order valence-electron chi connectivity index (χ2n) is 5.09. The van der Waals surface area contributed by atoms with Crippen LogP contribution in [0.15, 0.2) is 27.2 Å². The highest BCUT2D eigenvalue weighted by Gasteiger charge is 2.26. The maximum Gasteiger partial charge on any atom is 0.374 e. The van der Waals surface area contributed by atoms with Gasteiger partial charge in [-0.3, -0.25) is 0 Å². The molecule has 0 aliphatic heterocycles. The maximum atomic E-state index is 11.0. The first kappa shape index (κ1) is 14.9. The quantitative estimate of drug-likeness (QED) is 0.839. The standard InChI is InChI=1S/C15H14BrNO5/c1-20-11-5-4-9(16)13(14(11)21-7-8-2-3-8)10-6-12(15(18)19)22-17-10/h4-6,8H,2-3,7H2,1H3,(H,18,19). The number of rotatable bonds is 6. The number of carboxylic acid groups (broad SMARTS) is 1. The van der Waals surface area contributed by atoms with E-state index in [1.165, 1.54) is 18.9 Å². The van der Waals surface area contributed by atoms with Crippen LogP contribution in [0.5, 0.6) is 11.5 Å². The summed E-state index contributed by atoms with van der Waals surface area (Å²) in [4.78, 5) is 11.0. The molecule has 1 aliphatic rings. The zero-order valence-corrected chi connectivity index (χ0v) is 13.4. The maximum absolute atomic E-state index is 11.0. The van der Waals surface area contributed by atoms with Crippen molar-refractivity contribution in [3.63, 3.8) is 0 Å². The van der Waals surface area contributed by atoms with Crippen LogP contribution in [0.1, 0.15) is 23.4 Å². The lowest BCUT2D eigenvalue weighted by Gasteiger charge is -2.15. The van der Waals surface area contributed by atoms with E-state index >= 15 is 0 Å². The molecule has 22 heavy (non-hydrogen) atoms. The Morgan fingerprint density at radius 2 is 2.27 bits per heavy atom. The Morgan fingerprint density at radius 3 is 2.86 bits per heavy atom.